The third kappa shape index (κ3) is 14.5. The molecule has 89 heavy (non-hydrogen) atoms. The lowest BCUT2D eigenvalue weighted by Gasteiger charge is -2.34. The van der Waals surface area contributed by atoms with Gasteiger partial charge in [-0.25, -0.2) is 19.6 Å². The van der Waals surface area contributed by atoms with E-state index in [1.54, 1.807) is 72.6 Å². The predicted octanol–water partition coefficient (Wildman–Crippen LogP) is 15.9. The number of aromatic nitrogens is 6. The summed E-state index contributed by atoms with van der Waals surface area (Å²) in [6, 6.07) is 22.4. The Labute approximate surface area is 521 Å². The molecule has 4 bridgehead atoms. The minimum Gasteiger partial charge on any atom is -0.465 e. The SMILES string of the molecule is COC(=O)c1cccc2nc(Cl)cnc12.COC(=O)c1cccc2nc(SC3C4CCC3CC(OCc3c(-c5ccccc5OC(F)(F)F)noc3C3CC3)C4)cnc12.FC(F)(F)Oc1ccccc1-c1noc(C2CC2)c1COC1CC2CCC(C1)C2S. The van der Waals surface area contributed by atoms with E-state index in [-0.39, 0.29) is 59.9 Å². The zero-order valence-electron chi connectivity index (χ0n) is 48.2. The molecule has 0 amide bonds. The lowest BCUT2D eigenvalue weighted by Crippen LogP contribution is -2.32. The minimum absolute atomic E-state index is 0.0196. The molecular weight excluding hydrogens is 1230 g/mol. The Bertz CT molecular complexity index is 3840. The first-order chi connectivity index (χ1) is 42.9. The van der Waals surface area contributed by atoms with Crippen LogP contribution in [0.3, 0.4) is 0 Å². The molecule has 0 N–H and O–H groups in total. The summed E-state index contributed by atoms with van der Waals surface area (Å²) in [6.07, 6.45) is 5.93. The van der Waals surface area contributed by atoms with Crippen LogP contribution in [-0.2, 0) is 32.2 Å². The van der Waals surface area contributed by atoms with Crippen molar-refractivity contribution in [3.8, 4) is 34.0 Å². The fraction of sp³-hybridized carbons (Fsp3) is 0.438. The number of halogens is 7. The summed E-state index contributed by atoms with van der Waals surface area (Å²) >= 11 is 12.2. The smallest absolute Gasteiger partial charge is 0.465 e. The number of carbonyl (C=O) groups excluding carboxylic acids is 2. The molecule has 6 saturated carbocycles. The van der Waals surface area contributed by atoms with E-state index < -0.39 is 24.7 Å². The van der Waals surface area contributed by atoms with Crippen molar-refractivity contribution >= 4 is 70.0 Å². The Balaban J connectivity index is 0.000000146. The zero-order chi connectivity index (χ0) is 62.1. The average Bonchev–Trinajstić information content (AvgIpc) is 1.74. The van der Waals surface area contributed by atoms with Crippen molar-refractivity contribution in [1.82, 2.24) is 30.2 Å². The molecule has 4 aromatic heterocycles. The van der Waals surface area contributed by atoms with Crippen LogP contribution in [0.5, 0.6) is 11.5 Å². The number of thioether (sulfide) groups is 1. The second kappa shape index (κ2) is 26.5. The summed E-state index contributed by atoms with van der Waals surface area (Å²) in [5.41, 5.74) is 5.69. The summed E-state index contributed by atoms with van der Waals surface area (Å²) < 4.78 is 120. The Kier molecular flexibility index (Phi) is 18.5. The van der Waals surface area contributed by atoms with Gasteiger partial charge in [-0.2, -0.15) is 12.6 Å². The maximum Gasteiger partial charge on any atom is 0.573 e. The van der Waals surface area contributed by atoms with E-state index in [9.17, 15) is 35.9 Å². The van der Waals surface area contributed by atoms with Crippen molar-refractivity contribution in [2.45, 2.75) is 143 Å². The van der Waals surface area contributed by atoms with Gasteiger partial charge in [0.25, 0.3) is 0 Å². The molecule has 6 aliphatic carbocycles. The highest BCUT2D eigenvalue weighted by molar-refractivity contribution is 7.99. The average molecular weight is 1290 g/mol. The summed E-state index contributed by atoms with van der Waals surface area (Å²) in [5.74, 6) is 2.48. The summed E-state index contributed by atoms with van der Waals surface area (Å²) in [5, 5.41) is 10.3. The molecule has 14 rings (SSSR count). The Morgan fingerprint density at radius 1 is 0.584 bits per heavy atom. The molecule has 4 atom stereocenters. The molecule has 0 radical (unpaired) electrons. The molecule has 8 aromatic rings. The topological polar surface area (TPSA) is 193 Å². The highest BCUT2D eigenvalue weighted by Crippen LogP contribution is 2.53. The van der Waals surface area contributed by atoms with E-state index in [1.165, 1.54) is 57.5 Å². The lowest BCUT2D eigenvalue weighted by molar-refractivity contribution is -0.275. The number of esters is 2. The highest BCUT2D eigenvalue weighted by Gasteiger charge is 2.46. The Hall–Kier alpha value is -6.99. The van der Waals surface area contributed by atoms with Gasteiger partial charge in [0.15, 0.2) is 0 Å². The van der Waals surface area contributed by atoms with Crippen LogP contribution in [-0.4, -0.2) is 91.8 Å². The van der Waals surface area contributed by atoms with E-state index in [1.807, 2.05) is 6.07 Å². The number of fused-ring (bicyclic) bond motifs is 6. The monoisotopic (exact) mass is 1290 g/mol. The van der Waals surface area contributed by atoms with Crippen molar-refractivity contribution in [3.63, 3.8) is 0 Å². The molecule has 6 aliphatic rings. The molecule has 6 fully saturated rings. The van der Waals surface area contributed by atoms with Crippen LogP contribution in [0.2, 0.25) is 5.15 Å². The number of nitrogens with zero attached hydrogens (tertiary/aromatic N) is 6. The van der Waals surface area contributed by atoms with Crippen molar-refractivity contribution in [1.29, 1.82) is 0 Å². The highest BCUT2D eigenvalue weighted by atomic mass is 35.5. The minimum atomic E-state index is -4.82. The van der Waals surface area contributed by atoms with Crippen LogP contribution < -0.4 is 9.47 Å². The van der Waals surface area contributed by atoms with Gasteiger partial charge in [-0.3, -0.25) is 9.97 Å². The molecular formula is C64H61ClF6N6O10S2. The van der Waals surface area contributed by atoms with Gasteiger partial charge < -0.3 is 37.5 Å². The van der Waals surface area contributed by atoms with Gasteiger partial charge in [-0.05, 0) is 149 Å². The van der Waals surface area contributed by atoms with E-state index in [4.69, 9.17) is 52.5 Å². The van der Waals surface area contributed by atoms with Gasteiger partial charge in [0.05, 0.1) is 74.2 Å². The van der Waals surface area contributed by atoms with Crippen LogP contribution in [0.15, 0.2) is 111 Å². The second-order valence-electron chi connectivity index (χ2n) is 23.2. The molecule has 0 spiro atoms. The van der Waals surface area contributed by atoms with Crippen LogP contribution in [0.25, 0.3) is 44.6 Å². The largest absolute Gasteiger partial charge is 0.573 e. The number of methoxy groups -OCH3 is 2. The number of thiol groups is 1. The van der Waals surface area contributed by atoms with Gasteiger partial charge in [0, 0.05) is 44.6 Å². The van der Waals surface area contributed by atoms with E-state index in [2.05, 4.69) is 39.5 Å². The maximum absolute atomic E-state index is 13.1. The number of hydrogen-bond donors (Lipinski definition) is 1. The summed E-state index contributed by atoms with van der Waals surface area (Å²) in [7, 11) is 2.67. The standard InChI is InChI=1S/C32H30F3N3O5S.C22H24F3NO3S.C10H7ClN2O2/c1-40-31(39)22-6-4-7-24-28(22)36-15-26(37-24)44-30-18-11-12-19(30)14-20(13-18)41-16-23-27(38-43-29(23)17-9-10-17)21-5-2-3-8-25(21)42-32(33,34)35;23-22(24,25)28-18-4-2-1-3-16(18)19-17(20(29-26-19)12-5-6-12)11-27-15-9-13-7-8-14(10-15)21(13)30;1-15-10(14)6-3-2-4-7-9(6)12-5-8(11)13-7/h2-8,15,17-20,30H,9-14,16H2,1H3;1-4,12-15,21,30H,5-11H2;2-5H,1H3. The zero-order valence-corrected chi connectivity index (χ0v) is 50.6. The van der Waals surface area contributed by atoms with Crippen molar-refractivity contribution in [3.05, 3.63) is 136 Å². The summed E-state index contributed by atoms with van der Waals surface area (Å²) in [4.78, 5) is 41.0. The normalized spacial score (nSPS) is 22.9. The molecule has 4 heterocycles. The fourth-order valence-corrected chi connectivity index (χ4v) is 15.0. The van der Waals surface area contributed by atoms with Gasteiger partial charge >= 0.3 is 24.7 Å². The molecule has 0 saturated heterocycles. The number of carbonyl (C=O) groups is 2. The molecule has 4 aromatic carbocycles. The quantitative estimate of drug-likeness (QED) is 0.0545. The first-order valence-corrected chi connectivity index (χ1v) is 31.2. The van der Waals surface area contributed by atoms with Crippen molar-refractivity contribution in [2.75, 3.05) is 14.2 Å². The van der Waals surface area contributed by atoms with E-state index in [0.717, 1.165) is 80.6 Å². The number of benzene rings is 4. The van der Waals surface area contributed by atoms with Gasteiger partial charge in [-0.1, -0.05) is 58.3 Å². The number of rotatable bonds is 16. The van der Waals surface area contributed by atoms with E-state index in [0.29, 0.717) is 95.2 Å². The first-order valence-electron chi connectivity index (χ1n) is 29.5. The molecule has 16 nitrogen and oxygen atoms in total. The number of ether oxygens (including phenoxy) is 6. The molecule has 468 valence electrons. The van der Waals surface area contributed by atoms with Gasteiger partial charge in [0.1, 0.15) is 55.6 Å². The van der Waals surface area contributed by atoms with Crippen LogP contribution in [0.1, 0.15) is 132 Å². The summed E-state index contributed by atoms with van der Waals surface area (Å²) in [6.45, 7) is 0.498. The number of alkyl halides is 6. The van der Waals surface area contributed by atoms with Crippen molar-refractivity contribution < 1.29 is 73.4 Å². The third-order valence-corrected chi connectivity index (χ3v) is 19.8. The second-order valence-corrected chi connectivity index (χ2v) is 25.4. The predicted molar refractivity (Wildman–Crippen MR) is 318 cm³/mol. The van der Waals surface area contributed by atoms with Crippen LogP contribution >= 0.6 is 36.0 Å². The van der Waals surface area contributed by atoms with Crippen LogP contribution in [0.4, 0.5) is 26.3 Å². The number of hydrogen-bond acceptors (Lipinski definition) is 18. The lowest BCUT2D eigenvalue weighted by atomic mass is 9.86. The Morgan fingerprint density at radius 2 is 1.02 bits per heavy atom. The molecule has 4 unspecified atom stereocenters. The van der Waals surface area contributed by atoms with E-state index >= 15 is 0 Å². The fourth-order valence-electron chi connectivity index (χ4n) is 12.9. The third-order valence-electron chi connectivity index (χ3n) is 17.3. The molecule has 0 aliphatic heterocycles. The number of para-hydroxylation sites is 4. The van der Waals surface area contributed by atoms with Gasteiger partial charge in [-0.15, -0.1) is 38.1 Å². The van der Waals surface area contributed by atoms with Gasteiger partial charge in [0.2, 0.25) is 0 Å². The molecule has 25 heteroatoms. The van der Waals surface area contributed by atoms with Crippen LogP contribution in [0, 0.1) is 23.7 Å². The first kappa shape index (κ1) is 62.2. The Morgan fingerprint density at radius 3 is 1.48 bits per heavy atom. The van der Waals surface area contributed by atoms with Crippen molar-refractivity contribution in [2.24, 2.45) is 23.7 Å². The maximum atomic E-state index is 13.1.